The van der Waals surface area contributed by atoms with E-state index in [1.165, 1.54) is 114 Å². The van der Waals surface area contributed by atoms with Crippen LogP contribution in [0.4, 0.5) is 9.59 Å². The Hall–Kier alpha value is -4.66. The first-order valence-corrected chi connectivity index (χ1v) is 42.6. The number of amides is 4. The van der Waals surface area contributed by atoms with Crippen LogP contribution in [0.3, 0.4) is 0 Å². The van der Waals surface area contributed by atoms with Crippen molar-refractivity contribution in [2.24, 2.45) is 116 Å². The lowest BCUT2D eigenvalue weighted by Crippen LogP contribution is -2.51. The molecule has 4 amide bonds. The first kappa shape index (κ1) is 85.0. The summed E-state index contributed by atoms with van der Waals surface area (Å²) in [6.07, 6.45) is 38.6. The maximum Gasteiger partial charge on any atom is 0.407 e. The molecule has 20 heteroatoms. The summed E-state index contributed by atoms with van der Waals surface area (Å²) in [7, 11) is 0. The fraction of sp³-hybridized carbons (Fsp3) is 0.881. The topological polar surface area (TPSA) is 317 Å². The molecule has 0 heterocycles. The van der Waals surface area contributed by atoms with Crippen LogP contribution in [0.5, 0.6) is 0 Å². The molecule has 0 spiro atoms. The third-order valence-electron chi connectivity index (χ3n) is 28.7. The minimum absolute atomic E-state index is 0.106. The van der Waals surface area contributed by atoms with Gasteiger partial charge in [0.05, 0.1) is 12.1 Å². The highest BCUT2D eigenvalue weighted by Gasteiger charge is 2.61. The Morgan fingerprint density at radius 3 is 1.16 bits per heavy atom. The molecule has 18 atom stereocenters. The largest absolute Gasteiger partial charge is 0.446 e. The van der Waals surface area contributed by atoms with Crippen LogP contribution in [0.2, 0.25) is 0 Å². The number of alkyl carbamates (subject to hydrolysis) is 2. The molecule has 8 rings (SSSR count). The number of nitrogens with zero attached hydrogens (tertiary/aromatic N) is 2. The number of unbranched alkanes of at least 4 members (excludes halogenated alkanes) is 1. The average molecular weight is 1450 g/mol. The van der Waals surface area contributed by atoms with Gasteiger partial charge in [-0.1, -0.05) is 131 Å². The summed E-state index contributed by atoms with van der Waals surface area (Å²) in [5.41, 5.74) is 27.6. The van der Waals surface area contributed by atoms with Gasteiger partial charge in [-0.25, -0.2) is 9.59 Å². The number of ether oxygens (including phenoxy) is 2. The number of nitrogens with two attached hydrogens (primary N) is 4. The third-order valence-corrected chi connectivity index (χ3v) is 28.7. The molecular formula is C84H152N14O6. The van der Waals surface area contributed by atoms with E-state index in [1.807, 2.05) is 0 Å². The molecule has 0 aromatic rings. The molecule has 20 nitrogen and oxygen atoms in total. The van der Waals surface area contributed by atoms with Crippen molar-refractivity contribution >= 4 is 35.9 Å². The lowest BCUT2D eigenvalue weighted by atomic mass is 9.47. The molecule has 8 aliphatic carbocycles. The van der Waals surface area contributed by atoms with Gasteiger partial charge < -0.3 is 74.1 Å². The fourth-order valence-electron chi connectivity index (χ4n) is 22.9. The Balaban J connectivity index is 0.820. The molecular weight excluding hydrogens is 1300 g/mol. The summed E-state index contributed by atoms with van der Waals surface area (Å²) in [4.78, 5) is 58.0. The highest BCUT2D eigenvalue weighted by Crippen LogP contribution is 2.69. The Labute approximate surface area is 630 Å². The van der Waals surface area contributed by atoms with E-state index >= 15 is 0 Å². The summed E-state index contributed by atoms with van der Waals surface area (Å²) in [5.74, 6) is 8.88. The number of hydrogen-bond donors (Lipinski definition) is 12. The molecule has 18 unspecified atom stereocenters. The van der Waals surface area contributed by atoms with Crippen molar-refractivity contribution in [1.29, 1.82) is 10.8 Å². The summed E-state index contributed by atoms with van der Waals surface area (Å²) in [5, 5.41) is 32.6. The second-order valence-electron chi connectivity index (χ2n) is 36.5. The smallest absolute Gasteiger partial charge is 0.407 e. The SMILES string of the molecule is CC(C)CCCC(C)C1CCC2C3CC=C4CC(OC(=O)NCCCN(CCCCN(CCCNC(=O)C(N)CCCNC(=N)N)CCCNC(=O)C(N)CCCNC(=N)N)CCCNC(=O)OC5CCC6(C)C(=CCC7C6CCC6(C)C(C(C)CCCC(C)C)CCC76)C5)CCC4(C)C3CCC12C. The number of fused-ring (bicyclic) bond motifs is 10. The molecule has 8 aliphatic rings. The van der Waals surface area contributed by atoms with Crippen molar-refractivity contribution in [3.8, 4) is 0 Å². The first-order chi connectivity index (χ1) is 49.6. The van der Waals surface area contributed by atoms with Crippen LogP contribution < -0.4 is 54.8 Å². The Kier molecular flexibility index (Phi) is 33.2. The number of rotatable bonds is 43. The van der Waals surface area contributed by atoms with Crippen molar-refractivity contribution in [2.75, 3.05) is 78.5 Å². The van der Waals surface area contributed by atoms with Crippen LogP contribution in [0.25, 0.3) is 0 Å². The van der Waals surface area contributed by atoms with Gasteiger partial charge in [0.2, 0.25) is 11.8 Å². The number of guanidine groups is 2. The van der Waals surface area contributed by atoms with E-state index in [-0.39, 0.29) is 59.0 Å². The quantitative estimate of drug-likeness (QED) is 0.0117. The number of carbonyl (C=O) groups excluding carboxylic acids is 4. The normalized spacial score (nSPS) is 31.0. The lowest BCUT2D eigenvalue weighted by molar-refractivity contribution is -0.123. The van der Waals surface area contributed by atoms with E-state index in [1.54, 1.807) is 0 Å². The average Bonchev–Trinajstić information content (AvgIpc) is 1.43. The minimum atomic E-state index is -0.653. The molecule has 0 aromatic heterocycles. The van der Waals surface area contributed by atoms with Gasteiger partial charge in [-0.2, -0.15) is 0 Å². The lowest BCUT2D eigenvalue weighted by Gasteiger charge is -2.58. The fourth-order valence-corrected chi connectivity index (χ4v) is 22.9. The Morgan fingerprint density at radius 1 is 0.442 bits per heavy atom. The van der Waals surface area contributed by atoms with Gasteiger partial charge in [-0.3, -0.25) is 20.4 Å². The van der Waals surface area contributed by atoms with Crippen molar-refractivity contribution < 1.29 is 28.7 Å². The zero-order valence-corrected chi connectivity index (χ0v) is 67.2. The first-order valence-electron chi connectivity index (χ1n) is 42.6. The van der Waals surface area contributed by atoms with Crippen molar-refractivity contribution in [3.05, 3.63) is 23.3 Å². The van der Waals surface area contributed by atoms with Crippen LogP contribution in [0, 0.1) is 103 Å². The van der Waals surface area contributed by atoms with Gasteiger partial charge in [0.1, 0.15) is 12.2 Å². The van der Waals surface area contributed by atoms with Crippen LogP contribution in [-0.2, 0) is 19.1 Å². The summed E-state index contributed by atoms with van der Waals surface area (Å²) >= 11 is 0. The predicted molar refractivity (Wildman–Crippen MR) is 423 cm³/mol. The predicted octanol–water partition coefficient (Wildman–Crippen LogP) is 13.6. The Morgan fingerprint density at radius 2 is 0.798 bits per heavy atom. The molecule has 16 N–H and O–H groups in total. The van der Waals surface area contributed by atoms with Gasteiger partial charge in [0, 0.05) is 52.1 Å². The molecule has 6 saturated carbocycles. The highest BCUT2D eigenvalue weighted by atomic mass is 16.6. The van der Waals surface area contributed by atoms with Gasteiger partial charge in [0.25, 0.3) is 0 Å². The summed E-state index contributed by atoms with van der Waals surface area (Å²) in [6.45, 7) is 32.7. The van der Waals surface area contributed by atoms with Crippen LogP contribution >= 0.6 is 0 Å². The number of nitrogens with one attached hydrogen (secondary N) is 8. The second kappa shape index (κ2) is 40.7. The molecule has 0 bridgehead atoms. The monoisotopic (exact) mass is 1450 g/mol. The number of hydrogen-bond acceptors (Lipinski definition) is 12. The second-order valence-corrected chi connectivity index (χ2v) is 36.5. The van der Waals surface area contributed by atoms with E-state index in [2.05, 4.69) is 123 Å². The minimum Gasteiger partial charge on any atom is -0.446 e. The number of allylic oxidation sites excluding steroid dienone is 2. The summed E-state index contributed by atoms with van der Waals surface area (Å²) in [6, 6.07) is -1.31. The van der Waals surface area contributed by atoms with Gasteiger partial charge >= 0.3 is 12.2 Å². The molecule has 0 aliphatic heterocycles. The van der Waals surface area contributed by atoms with Crippen molar-refractivity contribution in [3.63, 3.8) is 0 Å². The van der Waals surface area contributed by atoms with E-state index in [0.29, 0.717) is 75.8 Å². The van der Waals surface area contributed by atoms with E-state index in [9.17, 15) is 19.2 Å². The van der Waals surface area contributed by atoms with Gasteiger partial charge in [0.15, 0.2) is 11.9 Å². The maximum atomic E-state index is 13.7. The standard InChI is InChI=1S/C84H152N14O6/c1-57(2)21-13-23-59(5)67-31-33-69-65-29-27-61-55-63(35-39-81(61,7)71(65)37-41-83(67,69)9)103-79(101)95-47-19-53-98(50-12-11-49-97(51-17-45-91-75(99)73(85)25-15-43-93-77(87)88)52-18-46-92-76(100)74(86)26-16-44-94-78(89)90)54-20-48-96-80(102)104-64-36-40-82(8)62(56-64)28-30-66-70-34-32-68(60(6)24-14-22-58(3)4)84(70,10)42-38-72(66)82/h27-28,57-60,63-74H,11-26,29-56,85-86H2,1-10H3,(H,91,99)(H,92,100)(H,95,101)(H,96,102)(H4,87,88,93)(H4,89,90,94). The number of carbonyl (C=O) groups is 4. The van der Waals surface area contributed by atoms with Crippen molar-refractivity contribution in [1.82, 2.24) is 41.7 Å². The molecule has 0 radical (unpaired) electrons. The van der Waals surface area contributed by atoms with Crippen LogP contribution in [0.1, 0.15) is 275 Å². The van der Waals surface area contributed by atoms with E-state index < -0.39 is 12.1 Å². The molecule has 0 aromatic carbocycles. The summed E-state index contributed by atoms with van der Waals surface area (Å²) < 4.78 is 12.6. The van der Waals surface area contributed by atoms with Crippen molar-refractivity contribution in [2.45, 2.75) is 299 Å². The van der Waals surface area contributed by atoms with Gasteiger partial charge in [-0.15, -0.1) is 0 Å². The highest BCUT2D eigenvalue weighted by molar-refractivity contribution is 5.82. The third kappa shape index (κ3) is 23.4. The molecule has 104 heavy (non-hydrogen) atoms. The Bertz CT molecular complexity index is 2610. The van der Waals surface area contributed by atoms with E-state index in [0.717, 1.165) is 187 Å². The van der Waals surface area contributed by atoms with Gasteiger partial charge in [-0.05, 0) is 286 Å². The van der Waals surface area contributed by atoms with Crippen LogP contribution in [0.15, 0.2) is 23.3 Å². The zero-order chi connectivity index (χ0) is 75.2. The van der Waals surface area contributed by atoms with Crippen LogP contribution in [-0.4, -0.2) is 149 Å². The zero-order valence-electron chi connectivity index (χ0n) is 67.2. The molecule has 0 saturated heterocycles. The molecule has 594 valence electrons. The van der Waals surface area contributed by atoms with E-state index in [4.69, 9.17) is 43.2 Å². The molecule has 6 fully saturated rings. The maximum absolute atomic E-state index is 13.7.